The number of rotatable bonds is 3. The van der Waals surface area contributed by atoms with E-state index in [1.54, 1.807) is 36.4 Å². The van der Waals surface area contributed by atoms with Crippen molar-refractivity contribution in [1.82, 2.24) is 10.2 Å². The molecule has 7 nitrogen and oxygen atoms in total. The average molecular weight is 384 g/mol. The van der Waals surface area contributed by atoms with Crippen molar-refractivity contribution in [2.45, 2.75) is 0 Å². The van der Waals surface area contributed by atoms with E-state index in [1.807, 2.05) is 0 Å². The van der Waals surface area contributed by atoms with Crippen LogP contribution in [0.15, 0.2) is 49.9 Å². The number of nitrogens with zero attached hydrogens (tertiary/aromatic N) is 2. The number of urea groups is 1. The van der Waals surface area contributed by atoms with E-state index in [9.17, 15) is 4.79 Å². The van der Waals surface area contributed by atoms with Crippen LogP contribution in [0.1, 0.15) is 0 Å². The van der Waals surface area contributed by atoms with Crippen molar-refractivity contribution < 1.29 is 13.6 Å². The van der Waals surface area contributed by atoms with E-state index in [0.29, 0.717) is 21.1 Å². The highest BCUT2D eigenvalue weighted by Crippen LogP contribution is 2.25. The van der Waals surface area contributed by atoms with Gasteiger partial charge in [0.05, 0.1) is 0 Å². The van der Waals surface area contributed by atoms with Crippen molar-refractivity contribution in [1.29, 1.82) is 0 Å². The zero-order valence-corrected chi connectivity index (χ0v) is 13.2. The lowest BCUT2D eigenvalue weighted by Crippen LogP contribution is -2.19. The first-order valence-electron chi connectivity index (χ1n) is 6.03. The topological polar surface area (TPSA) is 93.2 Å². The number of aromatic nitrogens is 2. The van der Waals surface area contributed by atoms with Crippen molar-refractivity contribution in [2.75, 3.05) is 10.6 Å². The van der Waals surface area contributed by atoms with Crippen LogP contribution in [0.5, 0.6) is 0 Å². The largest absolute Gasteiger partial charge is 0.444 e. The highest BCUT2D eigenvalue weighted by Gasteiger charge is 2.14. The summed E-state index contributed by atoms with van der Waals surface area (Å²) in [7, 11) is 0. The van der Waals surface area contributed by atoms with Crippen LogP contribution in [0, 0.1) is 0 Å². The van der Waals surface area contributed by atoms with Crippen LogP contribution in [0.4, 0.5) is 16.5 Å². The quantitative estimate of drug-likeness (QED) is 0.699. The van der Waals surface area contributed by atoms with Gasteiger partial charge in [0, 0.05) is 10.7 Å². The van der Waals surface area contributed by atoms with Crippen LogP contribution in [0.2, 0.25) is 5.02 Å². The second kappa shape index (κ2) is 6.20. The lowest BCUT2D eigenvalue weighted by Gasteiger charge is -2.04. The van der Waals surface area contributed by atoms with E-state index in [0.717, 1.165) is 0 Å². The number of anilines is 2. The fourth-order valence-corrected chi connectivity index (χ4v) is 2.13. The first-order valence-corrected chi connectivity index (χ1v) is 7.20. The van der Waals surface area contributed by atoms with Crippen LogP contribution >= 0.6 is 27.5 Å². The van der Waals surface area contributed by atoms with Gasteiger partial charge in [-0.3, -0.25) is 5.32 Å². The molecule has 3 rings (SSSR count). The predicted octanol–water partition coefficient (Wildman–Crippen LogP) is 4.39. The minimum Gasteiger partial charge on any atom is -0.444 e. The van der Waals surface area contributed by atoms with E-state index in [-0.39, 0.29) is 11.9 Å². The number of furan rings is 1. The number of hydrogen-bond donors (Lipinski definition) is 2. The van der Waals surface area contributed by atoms with Crippen molar-refractivity contribution in [2.24, 2.45) is 0 Å². The number of benzene rings is 1. The van der Waals surface area contributed by atoms with E-state index in [4.69, 9.17) is 20.4 Å². The van der Waals surface area contributed by atoms with E-state index in [1.165, 1.54) is 0 Å². The number of hydrogen-bond acceptors (Lipinski definition) is 5. The Kier molecular flexibility index (Phi) is 4.12. The summed E-state index contributed by atoms with van der Waals surface area (Å²) in [6.45, 7) is 0. The first kappa shape index (κ1) is 14.6. The normalized spacial score (nSPS) is 10.5. The van der Waals surface area contributed by atoms with Gasteiger partial charge >= 0.3 is 12.0 Å². The first-order chi connectivity index (χ1) is 10.6. The zero-order chi connectivity index (χ0) is 15.5. The van der Waals surface area contributed by atoms with Crippen LogP contribution in [-0.4, -0.2) is 16.2 Å². The van der Waals surface area contributed by atoms with Crippen LogP contribution in [0.3, 0.4) is 0 Å². The minimum atomic E-state index is -0.530. The predicted molar refractivity (Wildman–Crippen MR) is 83.8 cm³/mol. The third-order valence-electron chi connectivity index (χ3n) is 2.51. The molecular formula is C13H8BrClN4O3. The molecule has 0 aliphatic carbocycles. The molecule has 9 heteroatoms. The molecule has 0 radical (unpaired) electrons. The molecule has 2 aromatic heterocycles. The number of carbonyl (C=O) groups is 1. The zero-order valence-electron chi connectivity index (χ0n) is 10.8. The van der Waals surface area contributed by atoms with E-state index >= 15 is 0 Å². The third kappa shape index (κ3) is 3.46. The molecule has 0 saturated carbocycles. The maximum absolute atomic E-state index is 11.8. The molecule has 2 heterocycles. The Bertz CT molecular complexity index is 817. The van der Waals surface area contributed by atoms with Gasteiger partial charge in [0.1, 0.15) is 0 Å². The Morgan fingerprint density at radius 3 is 2.73 bits per heavy atom. The lowest BCUT2D eigenvalue weighted by atomic mass is 10.3. The monoisotopic (exact) mass is 382 g/mol. The summed E-state index contributed by atoms with van der Waals surface area (Å²) in [4.78, 5) is 11.8. The molecule has 0 bridgehead atoms. The molecule has 0 fully saturated rings. The molecule has 0 unspecified atom stereocenters. The van der Waals surface area contributed by atoms with Gasteiger partial charge in [-0.05, 0) is 46.3 Å². The van der Waals surface area contributed by atoms with Gasteiger partial charge in [0.2, 0.25) is 0 Å². The van der Waals surface area contributed by atoms with Gasteiger partial charge in [-0.15, -0.1) is 5.10 Å². The second-order valence-corrected chi connectivity index (χ2v) is 5.32. The fourth-order valence-electron chi connectivity index (χ4n) is 1.63. The summed E-state index contributed by atoms with van der Waals surface area (Å²) in [5.74, 6) is 0.548. The van der Waals surface area contributed by atoms with Crippen LogP contribution in [0.25, 0.3) is 11.7 Å². The van der Waals surface area contributed by atoms with Gasteiger partial charge in [-0.25, -0.2) is 4.79 Å². The third-order valence-corrected chi connectivity index (χ3v) is 3.17. The Morgan fingerprint density at radius 1 is 1.14 bits per heavy atom. The summed E-state index contributed by atoms with van der Waals surface area (Å²) in [5, 5.41) is 13.0. The summed E-state index contributed by atoms with van der Waals surface area (Å²) in [6, 6.07) is 9.51. The van der Waals surface area contributed by atoms with Gasteiger partial charge in [-0.1, -0.05) is 22.8 Å². The fraction of sp³-hybridized carbons (Fsp3) is 0. The molecule has 0 spiro atoms. The minimum absolute atomic E-state index is 0.0537. The molecule has 0 aliphatic heterocycles. The standard InChI is InChI=1S/C13H8BrClN4O3/c14-10-5-4-9(21-10)11-18-19-13(22-11)17-12(20)16-8-3-1-2-7(15)6-8/h1-6H,(H2,16,17,19,20). The number of carbonyl (C=O) groups excluding carboxylic acids is 1. The average Bonchev–Trinajstić information content (AvgIpc) is 3.07. The molecule has 2 amide bonds. The smallest absolute Gasteiger partial charge is 0.327 e. The van der Waals surface area contributed by atoms with Crippen molar-refractivity contribution >= 4 is 45.3 Å². The molecular weight excluding hydrogens is 376 g/mol. The Hall–Kier alpha value is -2.32. The Morgan fingerprint density at radius 2 is 2.00 bits per heavy atom. The lowest BCUT2D eigenvalue weighted by molar-refractivity contribution is 0.261. The van der Waals surface area contributed by atoms with Gasteiger partial charge < -0.3 is 14.2 Å². The summed E-state index contributed by atoms with van der Waals surface area (Å²) in [6.07, 6.45) is 0. The highest BCUT2D eigenvalue weighted by molar-refractivity contribution is 9.10. The molecule has 0 saturated heterocycles. The number of halogens is 2. The van der Waals surface area contributed by atoms with E-state index in [2.05, 4.69) is 36.8 Å². The van der Waals surface area contributed by atoms with Gasteiger partial charge in [0.25, 0.3) is 5.89 Å². The Labute approximate surface area is 137 Å². The van der Waals surface area contributed by atoms with Crippen molar-refractivity contribution in [3.8, 4) is 11.7 Å². The highest BCUT2D eigenvalue weighted by atomic mass is 79.9. The van der Waals surface area contributed by atoms with E-state index < -0.39 is 6.03 Å². The maximum Gasteiger partial charge on any atom is 0.327 e. The van der Waals surface area contributed by atoms with Crippen LogP contribution < -0.4 is 10.6 Å². The molecule has 112 valence electrons. The molecule has 3 aromatic rings. The van der Waals surface area contributed by atoms with Gasteiger partial charge in [-0.2, -0.15) is 0 Å². The maximum atomic E-state index is 11.8. The molecule has 0 atom stereocenters. The summed E-state index contributed by atoms with van der Waals surface area (Å²) < 4.78 is 11.1. The SMILES string of the molecule is O=C(Nc1cccc(Cl)c1)Nc1nnc(-c2ccc(Br)o2)o1. The van der Waals surface area contributed by atoms with Crippen LogP contribution in [-0.2, 0) is 0 Å². The van der Waals surface area contributed by atoms with Gasteiger partial charge in [0.15, 0.2) is 10.4 Å². The number of nitrogens with one attached hydrogen (secondary N) is 2. The second-order valence-electron chi connectivity index (χ2n) is 4.11. The summed E-state index contributed by atoms with van der Waals surface area (Å²) >= 11 is 9.01. The van der Waals surface area contributed by atoms with Crippen molar-refractivity contribution in [3.05, 3.63) is 46.1 Å². The number of amides is 2. The van der Waals surface area contributed by atoms with Crippen molar-refractivity contribution in [3.63, 3.8) is 0 Å². The molecule has 2 N–H and O–H groups in total. The molecule has 22 heavy (non-hydrogen) atoms. The molecule has 0 aliphatic rings. The molecule has 1 aromatic carbocycles. The Balaban J connectivity index is 1.66. The summed E-state index contributed by atoms with van der Waals surface area (Å²) in [5.41, 5.74) is 0.541.